The molecule has 1 saturated heterocycles. The first-order valence-electron chi connectivity index (χ1n) is 9.27. The lowest BCUT2D eigenvalue weighted by Gasteiger charge is -2.14. The number of non-ortho nitro benzene ring substituents is 1. The predicted octanol–water partition coefficient (Wildman–Crippen LogP) is 5.06. The van der Waals surface area contributed by atoms with Gasteiger partial charge in [0.25, 0.3) is 11.6 Å². The Morgan fingerprint density at radius 1 is 1.20 bits per heavy atom. The Kier molecular flexibility index (Phi) is 7.72. The second-order valence-corrected chi connectivity index (χ2v) is 9.17. The number of hydrogen-bond donors (Lipinski definition) is 1. The number of nitrogens with one attached hydrogen (secondary N) is 1. The first-order chi connectivity index (χ1) is 14.4. The Balaban J connectivity index is 1.37. The number of nitro benzene ring substituents is 1. The van der Waals surface area contributed by atoms with Crippen LogP contribution in [0.3, 0.4) is 0 Å². The molecule has 1 aromatic heterocycles. The van der Waals surface area contributed by atoms with Crippen LogP contribution < -0.4 is 5.32 Å². The van der Waals surface area contributed by atoms with E-state index in [1.54, 1.807) is 16.2 Å². The summed E-state index contributed by atoms with van der Waals surface area (Å²) in [6.45, 7) is 0.538. The highest BCUT2D eigenvalue weighted by Crippen LogP contribution is 2.33. The number of anilines is 1. The summed E-state index contributed by atoms with van der Waals surface area (Å²) in [5, 5.41) is 15.3. The number of carbonyl (C=O) groups excluding carboxylic acids is 2. The van der Waals surface area contributed by atoms with Crippen molar-refractivity contribution < 1.29 is 14.5 Å². The van der Waals surface area contributed by atoms with Gasteiger partial charge in [0.2, 0.25) is 5.91 Å². The average molecular weight is 462 g/mol. The van der Waals surface area contributed by atoms with E-state index in [2.05, 4.69) is 5.32 Å². The molecule has 1 fully saturated rings. The molecule has 1 N–H and O–H groups in total. The van der Waals surface area contributed by atoms with E-state index in [0.29, 0.717) is 34.3 Å². The number of nitro groups is 1. The van der Waals surface area contributed by atoms with Crippen LogP contribution in [0.1, 0.15) is 30.6 Å². The second-order valence-electron chi connectivity index (χ2n) is 6.51. The third kappa shape index (κ3) is 5.97. The molecular weight excluding hydrogens is 442 g/mol. The fourth-order valence-corrected chi connectivity index (χ4v) is 4.85. The Hall–Kier alpha value is -2.56. The lowest BCUT2D eigenvalue weighted by Crippen LogP contribution is -2.29. The number of carbonyl (C=O) groups is 2. The zero-order valence-electron chi connectivity index (χ0n) is 15.9. The van der Waals surface area contributed by atoms with Crippen LogP contribution in [0.25, 0.3) is 6.08 Å². The van der Waals surface area contributed by atoms with Crippen molar-refractivity contribution in [2.45, 2.75) is 25.7 Å². The maximum Gasteiger partial charge on any atom is 0.269 e. The summed E-state index contributed by atoms with van der Waals surface area (Å²) in [5.74, 6) is -0.206. The lowest BCUT2D eigenvalue weighted by molar-refractivity contribution is -0.384. The van der Waals surface area contributed by atoms with Gasteiger partial charge in [-0.05, 0) is 42.5 Å². The largest absolute Gasteiger partial charge is 0.326 e. The third-order valence-corrected chi connectivity index (χ3v) is 6.53. The standard InChI is InChI=1S/C20H19N3O4S3/c24-18(21-14-7-9-15(10-8-14)23(26)27)6-2-1-3-11-22-19(25)17(30-20(22)28)13-16-5-4-12-29-16/h4-5,7-10,12-13H,1-3,6,11H2,(H,21,24)/b17-13+. The third-order valence-electron chi connectivity index (χ3n) is 4.34. The average Bonchev–Trinajstić information content (AvgIpc) is 3.31. The smallest absolute Gasteiger partial charge is 0.269 e. The molecule has 1 aliphatic rings. The highest BCUT2D eigenvalue weighted by atomic mass is 32.2. The molecule has 1 aliphatic heterocycles. The molecule has 2 amide bonds. The number of thioether (sulfide) groups is 1. The van der Waals surface area contributed by atoms with Gasteiger partial charge in [-0.15, -0.1) is 11.3 Å². The summed E-state index contributed by atoms with van der Waals surface area (Å²) in [6, 6.07) is 9.62. The number of hydrogen-bond acceptors (Lipinski definition) is 7. The molecule has 7 nitrogen and oxygen atoms in total. The number of unbranched alkanes of at least 4 members (excludes halogenated alkanes) is 2. The van der Waals surface area contributed by atoms with Gasteiger partial charge >= 0.3 is 0 Å². The number of thiophene rings is 1. The van der Waals surface area contributed by atoms with Crippen LogP contribution in [0.2, 0.25) is 0 Å². The molecule has 156 valence electrons. The first kappa shape index (κ1) is 22.1. The number of rotatable bonds is 9. The van der Waals surface area contributed by atoms with Gasteiger partial charge in [-0.2, -0.15) is 0 Å². The molecule has 1 aromatic carbocycles. The van der Waals surface area contributed by atoms with Gasteiger partial charge in [-0.3, -0.25) is 24.6 Å². The zero-order valence-corrected chi connectivity index (χ0v) is 18.4. The molecule has 0 aliphatic carbocycles. The van der Waals surface area contributed by atoms with Crippen LogP contribution in [0, 0.1) is 10.1 Å². The Bertz CT molecular complexity index is 972. The minimum absolute atomic E-state index is 0.0195. The molecule has 30 heavy (non-hydrogen) atoms. The number of nitrogens with zero attached hydrogens (tertiary/aromatic N) is 2. The molecule has 0 bridgehead atoms. The van der Waals surface area contributed by atoms with Crippen LogP contribution in [-0.2, 0) is 9.59 Å². The number of thiocarbonyl (C=S) groups is 1. The van der Waals surface area contributed by atoms with Crippen molar-refractivity contribution in [1.29, 1.82) is 0 Å². The summed E-state index contributed by atoms with van der Waals surface area (Å²) in [5.41, 5.74) is 0.509. The van der Waals surface area contributed by atoms with Crippen molar-refractivity contribution in [3.05, 3.63) is 61.7 Å². The molecular formula is C20H19N3O4S3. The van der Waals surface area contributed by atoms with Crippen LogP contribution in [0.4, 0.5) is 11.4 Å². The maximum absolute atomic E-state index is 12.5. The molecule has 0 saturated carbocycles. The summed E-state index contributed by atoms with van der Waals surface area (Å²) in [4.78, 5) is 38.0. The molecule has 0 unspecified atom stereocenters. The van der Waals surface area contributed by atoms with E-state index < -0.39 is 4.92 Å². The number of amides is 2. The number of benzene rings is 1. The van der Waals surface area contributed by atoms with Crippen molar-refractivity contribution >= 4 is 68.9 Å². The maximum atomic E-state index is 12.5. The molecule has 3 rings (SSSR count). The summed E-state index contributed by atoms with van der Waals surface area (Å²) < 4.78 is 0.568. The van der Waals surface area contributed by atoms with E-state index in [4.69, 9.17) is 12.2 Å². The van der Waals surface area contributed by atoms with E-state index in [0.717, 1.165) is 17.7 Å². The van der Waals surface area contributed by atoms with Crippen LogP contribution in [-0.4, -0.2) is 32.5 Å². The highest BCUT2D eigenvalue weighted by Gasteiger charge is 2.31. The van der Waals surface area contributed by atoms with E-state index >= 15 is 0 Å². The Morgan fingerprint density at radius 2 is 1.97 bits per heavy atom. The molecule has 2 heterocycles. The SMILES string of the molecule is O=C(CCCCCN1C(=O)/C(=C\c2cccs2)SC1=S)Nc1ccc([N+](=O)[O-])cc1. The fourth-order valence-electron chi connectivity index (χ4n) is 2.82. The fraction of sp³-hybridized carbons (Fsp3) is 0.250. The predicted molar refractivity (Wildman–Crippen MR) is 124 cm³/mol. The van der Waals surface area contributed by atoms with Crippen molar-refractivity contribution in [3.63, 3.8) is 0 Å². The Labute approximate surface area is 187 Å². The monoisotopic (exact) mass is 461 g/mol. The second kappa shape index (κ2) is 10.5. The zero-order chi connectivity index (χ0) is 21.5. The van der Waals surface area contributed by atoms with Crippen molar-refractivity contribution in [1.82, 2.24) is 4.90 Å². The molecule has 2 aromatic rings. The summed E-state index contributed by atoms with van der Waals surface area (Å²) in [6.07, 6.45) is 4.43. The van der Waals surface area contributed by atoms with E-state index in [1.165, 1.54) is 36.0 Å². The minimum Gasteiger partial charge on any atom is -0.326 e. The van der Waals surface area contributed by atoms with Gasteiger partial charge in [0.05, 0.1) is 9.83 Å². The topological polar surface area (TPSA) is 92.6 Å². The van der Waals surface area contributed by atoms with Gasteiger partial charge in [0, 0.05) is 35.7 Å². The minimum atomic E-state index is -0.484. The summed E-state index contributed by atoms with van der Waals surface area (Å²) >= 11 is 8.23. The molecule has 0 radical (unpaired) electrons. The van der Waals surface area contributed by atoms with E-state index in [-0.39, 0.29) is 17.5 Å². The van der Waals surface area contributed by atoms with E-state index in [1.807, 2.05) is 23.6 Å². The summed E-state index contributed by atoms with van der Waals surface area (Å²) in [7, 11) is 0. The van der Waals surface area contributed by atoms with Gasteiger partial charge in [-0.1, -0.05) is 36.5 Å². The van der Waals surface area contributed by atoms with Gasteiger partial charge in [0.15, 0.2) is 0 Å². The van der Waals surface area contributed by atoms with Crippen molar-refractivity contribution in [2.75, 3.05) is 11.9 Å². The first-order valence-corrected chi connectivity index (χ1v) is 11.4. The van der Waals surface area contributed by atoms with Gasteiger partial charge < -0.3 is 5.32 Å². The van der Waals surface area contributed by atoms with Gasteiger partial charge in [-0.25, -0.2) is 0 Å². The van der Waals surface area contributed by atoms with Gasteiger partial charge in [0.1, 0.15) is 4.32 Å². The van der Waals surface area contributed by atoms with Crippen molar-refractivity contribution in [3.8, 4) is 0 Å². The quantitative estimate of drug-likeness (QED) is 0.185. The Morgan fingerprint density at radius 3 is 2.63 bits per heavy atom. The van der Waals surface area contributed by atoms with Crippen LogP contribution >= 0.6 is 35.3 Å². The highest BCUT2D eigenvalue weighted by molar-refractivity contribution is 8.26. The normalized spacial score (nSPS) is 15.1. The van der Waals surface area contributed by atoms with Crippen LogP contribution in [0.5, 0.6) is 0 Å². The lowest BCUT2D eigenvalue weighted by atomic mass is 10.1. The van der Waals surface area contributed by atoms with E-state index in [9.17, 15) is 19.7 Å². The molecule has 0 atom stereocenters. The molecule has 10 heteroatoms. The van der Waals surface area contributed by atoms with Crippen molar-refractivity contribution in [2.24, 2.45) is 0 Å². The molecule has 0 spiro atoms. The van der Waals surface area contributed by atoms with Crippen LogP contribution in [0.15, 0.2) is 46.7 Å².